The smallest absolute Gasteiger partial charge is 0.177 e. The molecule has 1 aromatic carbocycles. The molecule has 2 aromatic rings. The molecule has 0 unspecified atom stereocenters. The molecule has 0 aliphatic carbocycles. The van der Waals surface area contributed by atoms with Crippen molar-refractivity contribution in [3.8, 4) is 0 Å². The van der Waals surface area contributed by atoms with Crippen molar-refractivity contribution in [2.75, 3.05) is 0 Å². The molecule has 0 fully saturated rings. The van der Waals surface area contributed by atoms with Gasteiger partial charge in [-0.2, -0.15) is 0 Å². The van der Waals surface area contributed by atoms with Crippen LogP contribution in [0, 0.1) is 11.7 Å². The zero-order valence-electron chi connectivity index (χ0n) is 9.10. The largest absolute Gasteiger partial charge is 0.390 e. The lowest BCUT2D eigenvalue weighted by molar-refractivity contribution is 0.271. The minimum Gasteiger partial charge on any atom is -0.390 e. The van der Waals surface area contributed by atoms with Gasteiger partial charge >= 0.3 is 0 Å². The molecule has 0 bridgehead atoms. The first-order valence-electron chi connectivity index (χ1n) is 5.14. The number of aromatic amines is 1. The van der Waals surface area contributed by atoms with E-state index >= 15 is 0 Å². The molecular weight excluding hydrogens is 220 g/mol. The molecule has 0 radical (unpaired) electrons. The van der Waals surface area contributed by atoms with E-state index in [1.165, 1.54) is 11.1 Å². The van der Waals surface area contributed by atoms with E-state index in [9.17, 15) is 5.11 Å². The van der Waals surface area contributed by atoms with Gasteiger partial charge in [-0.05, 0) is 24.7 Å². The van der Waals surface area contributed by atoms with Gasteiger partial charge in [-0.15, -0.1) is 0 Å². The van der Waals surface area contributed by atoms with Crippen LogP contribution in [0.1, 0.15) is 16.8 Å². The van der Waals surface area contributed by atoms with Gasteiger partial charge in [0.05, 0.1) is 18.8 Å². The quantitative estimate of drug-likeness (QED) is 0.801. The third-order valence-electron chi connectivity index (χ3n) is 2.54. The number of aryl methyl sites for hydroxylation is 1. The highest BCUT2D eigenvalue weighted by Crippen LogP contribution is 2.09. The summed E-state index contributed by atoms with van der Waals surface area (Å²) in [6.45, 7) is 2.76. The number of aromatic nitrogens is 2. The highest BCUT2D eigenvalue weighted by molar-refractivity contribution is 7.71. The van der Waals surface area contributed by atoms with Crippen molar-refractivity contribution in [2.45, 2.75) is 20.1 Å². The van der Waals surface area contributed by atoms with Crippen molar-refractivity contribution in [1.82, 2.24) is 9.55 Å². The standard InChI is InChI=1S/C12H14N2OS/c1-9-3-2-4-10(5-9)7-14-11(8-15)6-13-12(14)16/h2-6,15H,7-8H2,1H3,(H,13,16). The Morgan fingerprint density at radius 3 is 2.94 bits per heavy atom. The Balaban J connectivity index is 2.33. The van der Waals surface area contributed by atoms with Crippen LogP contribution in [0.25, 0.3) is 0 Å². The Morgan fingerprint density at radius 1 is 1.44 bits per heavy atom. The van der Waals surface area contributed by atoms with E-state index in [1.54, 1.807) is 6.20 Å². The number of imidazole rings is 1. The summed E-state index contributed by atoms with van der Waals surface area (Å²) in [5, 5.41) is 9.18. The van der Waals surface area contributed by atoms with E-state index in [0.29, 0.717) is 11.3 Å². The first-order valence-corrected chi connectivity index (χ1v) is 5.55. The maximum absolute atomic E-state index is 9.18. The lowest BCUT2D eigenvalue weighted by Gasteiger charge is -2.07. The lowest BCUT2D eigenvalue weighted by Crippen LogP contribution is -2.04. The number of aliphatic hydroxyl groups excluding tert-OH is 1. The monoisotopic (exact) mass is 234 g/mol. The van der Waals surface area contributed by atoms with Crippen LogP contribution in [0.5, 0.6) is 0 Å². The Hall–Kier alpha value is -1.39. The Labute approximate surface area is 99.4 Å². The van der Waals surface area contributed by atoms with Gasteiger partial charge in [0, 0.05) is 6.20 Å². The number of rotatable bonds is 3. The summed E-state index contributed by atoms with van der Waals surface area (Å²) in [5.41, 5.74) is 3.22. The third kappa shape index (κ3) is 2.23. The van der Waals surface area contributed by atoms with E-state index in [0.717, 1.165) is 5.69 Å². The molecule has 0 saturated heterocycles. The predicted molar refractivity (Wildman–Crippen MR) is 65.8 cm³/mol. The molecule has 0 saturated carbocycles. The van der Waals surface area contributed by atoms with Gasteiger partial charge in [0.25, 0.3) is 0 Å². The minimum absolute atomic E-state index is 0.00104. The molecule has 0 aliphatic heterocycles. The second kappa shape index (κ2) is 4.63. The summed E-state index contributed by atoms with van der Waals surface area (Å²) < 4.78 is 2.55. The fourth-order valence-corrected chi connectivity index (χ4v) is 1.97. The van der Waals surface area contributed by atoms with Gasteiger partial charge < -0.3 is 14.7 Å². The molecule has 2 N–H and O–H groups in total. The molecule has 1 aromatic heterocycles. The molecule has 2 rings (SSSR count). The molecule has 1 heterocycles. The molecule has 0 atom stereocenters. The fraction of sp³-hybridized carbons (Fsp3) is 0.250. The van der Waals surface area contributed by atoms with E-state index in [2.05, 4.69) is 30.1 Å². The first kappa shape index (κ1) is 11.1. The van der Waals surface area contributed by atoms with Gasteiger partial charge in [-0.25, -0.2) is 0 Å². The summed E-state index contributed by atoms with van der Waals surface area (Å²) in [6.07, 6.45) is 1.75. The number of nitrogens with zero attached hydrogens (tertiary/aromatic N) is 1. The van der Waals surface area contributed by atoms with Crippen molar-refractivity contribution in [1.29, 1.82) is 0 Å². The van der Waals surface area contributed by atoms with E-state index in [1.807, 2.05) is 10.6 Å². The van der Waals surface area contributed by atoms with Gasteiger partial charge in [0.2, 0.25) is 0 Å². The molecule has 16 heavy (non-hydrogen) atoms. The van der Waals surface area contributed by atoms with Crippen LogP contribution in [0.15, 0.2) is 30.5 Å². The highest BCUT2D eigenvalue weighted by atomic mass is 32.1. The van der Waals surface area contributed by atoms with Crippen LogP contribution in [-0.4, -0.2) is 14.7 Å². The zero-order valence-corrected chi connectivity index (χ0v) is 9.92. The first-order chi connectivity index (χ1) is 7.70. The number of hydrogen-bond acceptors (Lipinski definition) is 2. The maximum atomic E-state index is 9.18. The zero-order chi connectivity index (χ0) is 11.5. The van der Waals surface area contributed by atoms with Crippen LogP contribution in [-0.2, 0) is 13.2 Å². The van der Waals surface area contributed by atoms with E-state index in [4.69, 9.17) is 12.2 Å². The van der Waals surface area contributed by atoms with Crippen molar-refractivity contribution < 1.29 is 5.11 Å². The third-order valence-corrected chi connectivity index (χ3v) is 2.88. The van der Waals surface area contributed by atoms with E-state index in [-0.39, 0.29) is 6.61 Å². The van der Waals surface area contributed by atoms with Crippen LogP contribution < -0.4 is 0 Å². The summed E-state index contributed by atoms with van der Waals surface area (Å²) in [4.78, 5) is 2.94. The number of aliphatic hydroxyl groups is 1. The minimum atomic E-state index is -0.00104. The molecule has 4 heteroatoms. The average molecular weight is 234 g/mol. The summed E-state index contributed by atoms with van der Waals surface area (Å²) in [7, 11) is 0. The van der Waals surface area contributed by atoms with Crippen LogP contribution in [0.2, 0.25) is 0 Å². The van der Waals surface area contributed by atoms with Crippen LogP contribution >= 0.6 is 12.2 Å². The van der Waals surface area contributed by atoms with Crippen molar-refractivity contribution >= 4 is 12.2 Å². The SMILES string of the molecule is Cc1cccc(Cn2c(CO)c[nH]c2=S)c1. The highest BCUT2D eigenvalue weighted by Gasteiger charge is 2.03. The van der Waals surface area contributed by atoms with Crippen molar-refractivity contribution in [3.63, 3.8) is 0 Å². The lowest BCUT2D eigenvalue weighted by atomic mass is 10.1. The number of hydrogen-bond donors (Lipinski definition) is 2. The predicted octanol–water partition coefficient (Wildman–Crippen LogP) is 2.39. The molecule has 0 spiro atoms. The number of benzene rings is 1. The molecular formula is C12H14N2OS. The second-order valence-electron chi connectivity index (χ2n) is 3.82. The topological polar surface area (TPSA) is 41.0 Å². The molecule has 0 aliphatic rings. The van der Waals surface area contributed by atoms with Crippen molar-refractivity contribution in [3.05, 3.63) is 52.1 Å². The molecule has 84 valence electrons. The van der Waals surface area contributed by atoms with Gasteiger partial charge in [-0.3, -0.25) is 0 Å². The fourth-order valence-electron chi connectivity index (χ4n) is 1.73. The van der Waals surface area contributed by atoms with Crippen LogP contribution in [0.3, 0.4) is 0 Å². The Morgan fingerprint density at radius 2 is 2.25 bits per heavy atom. The number of H-pyrrole nitrogens is 1. The number of nitrogens with one attached hydrogen (secondary N) is 1. The summed E-state index contributed by atoms with van der Waals surface area (Å²) >= 11 is 5.17. The molecule has 3 nitrogen and oxygen atoms in total. The van der Waals surface area contributed by atoms with Crippen LogP contribution in [0.4, 0.5) is 0 Å². The van der Waals surface area contributed by atoms with Gasteiger partial charge in [-0.1, -0.05) is 29.8 Å². The Kier molecular flexibility index (Phi) is 3.22. The Bertz CT molecular complexity index is 542. The van der Waals surface area contributed by atoms with E-state index < -0.39 is 0 Å². The normalized spacial score (nSPS) is 10.6. The second-order valence-corrected chi connectivity index (χ2v) is 4.21. The van der Waals surface area contributed by atoms with Gasteiger partial charge in [0.1, 0.15) is 0 Å². The van der Waals surface area contributed by atoms with Gasteiger partial charge in [0.15, 0.2) is 4.77 Å². The summed E-state index contributed by atoms with van der Waals surface area (Å²) in [5.74, 6) is 0. The average Bonchev–Trinajstić information content (AvgIpc) is 2.60. The molecule has 0 amide bonds. The maximum Gasteiger partial charge on any atom is 0.177 e. The summed E-state index contributed by atoms with van der Waals surface area (Å²) in [6, 6.07) is 8.27. The van der Waals surface area contributed by atoms with Crippen molar-refractivity contribution in [2.24, 2.45) is 0 Å².